The third-order valence-corrected chi connectivity index (χ3v) is 3.18. The second-order valence-electron chi connectivity index (χ2n) is 5.17. The highest BCUT2D eigenvalue weighted by Crippen LogP contribution is 2.34. The lowest BCUT2D eigenvalue weighted by Crippen LogP contribution is -2.51. The third kappa shape index (κ3) is 2.41. The quantitative estimate of drug-likeness (QED) is 0.767. The van der Waals surface area contributed by atoms with Crippen molar-refractivity contribution < 1.29 is 14.3 Å². The first-order valence-electron chi connectivity index (χ1n) is 6.50. The zero-order valence-electron chi connectivity index (χ0n) is 11.2. The topological polar surface area (TPSA) is 35.5 Å². The molecule has 0 aromatic heterocycles. The Hall–Kier alpha value is -1.35. The van der Waals surface area contributed by atoms with E-state index in [0.29, 0.717) is 17.9 Å². The van der Waals surface area contributed by atoms with Gasteiger partial charge in [0.2, 0.25) is 0 Å². The first-order chi connectivity index (χ1) is 8.56. The molecule has 0 bridgehead atoms. The number of para-hydroxylation sites is 1. The number of unbranched alkanes of at least 4 members (excludes halogenated alkanes) is 1. The van der Waals surface area contributed by atoms with E-state index in [1.54, 1.807) is 6.07 Å². The molecule has 1 unspecified atom stereocenters. The van der Waals surface area contributed by atoms with E-state index in [9.17, 15) is 4.79 Å². The summed E-state index contributed by atoms with van der Waals surface area (Å²) in [6.45, 7) is 6.50. The number of ether oxygens (including phenoxy) is 2. The molecule has 1 atom stereocenters. The first kappa shape index (κ1) is 13.1. The largest absolute Gasteiger partial charge is 0.484 e. The number of benzene rings is 1. The molecule has 18 heavy (non-hydrogen) atoms. The molecule has 1 aromatic rings. The SMILES string of the molecule is CCCCOC1C(=O)c2ccccc2OC1(C)C. The van der Waals surface area contributed by atoms with Crippen molar-refractivity contribution in [2.24, 2.45) is 0 Å². The van der Waals surface area contributed by atoms with Gasteiger partial charge in [0, 0.05) is 6.61 Å². The zero-order chi connectivity index (χ0) is 13.2. The van der Waals surface area contributed by atoms with Crippen LogP contribution in [0.4, 0.5) is 0 Å². The van der Waals surface area contributed by atoms with Gasteiger partial charge in [-0.05, 0) is 32.4 Å². The predicted octanol–water partition coefficient (Wildman–Crippen LogP) is 3.23. The highest BCUT2D eigenvalue weighted by Gasteiger charge is 2.43. The fourth-order valence-corrected chi connectivity index (χ4v) is 2.17. The lowest BCUT2D eigenvalue weighted by molar-refractivity contribution is -0.0629. The van der Waals surface area contributed by atoms with Crippen molar-refractivity contribution in [2.45, 2.75) is 45.3 Å². The molecule has 2 rings (SSSR count). The Morgan fingerprint density at radius 3 is 2.78 bits per heavy atom. The highest BCUT2D eigenvalue weighted by molar-refractivity contribution is 6.03. The Balaban J connectivity index is 2.23. The molecular weight excluding hydrogens is 228 g/mol. The van der Waals surface area contributed by atoms with E-state index in [-0.39, 0.29) is 5.78 Å². The van der Waals surface area contributed by atoms with Crippen LogP contribution in [-0.4, -0.2) is 24.1 Å². The zero-order valence-corrected chi connectivity index (χ0v) is 11.2. The summed E-state index contributed by atoms with van der Waals surface area (Å²) in [5.41, 5.74) is 0.0115. The van der Waals surface area contributed by atoms with Crippen LogP contribution in [0, 0.1) is 0 Å². The molecule has 1 aliphatic rings. The van der Waals surface area contributed by atoms with Crippen LogP contribution in [0.3, 0.4) is 0 Å². The maximum absolute atomic E-state index is 12.4. The second kappa shape index (κ2) is 5.11. The molecule has 0 spiro atoms. The van der Waals surface area contributed by atoms with Crippen molar-refractivity contribution in [1.82, 2.24) is 0 Å². The van der Waals surface area contributed by atoms with Crippen molar-refractivity contribution in [3.05, 3.63) is 29.8 Å². The molecule has 0 saturated carbocycles. The molecule has 98 valence electrons. The number of hydrogen-bond donors (Lipinski definition) is 0. The van der Waals surface area contributed by atoms with E-state index in [2.05, 4.69) is 6.92 Å². The number of carbonyl (C=O) groups excluding carboxylic acids is 1. The summed E-state index contributed by atoms with van der Waals surface area (Å²) in [5.74, 6) is 0.681. The van der Waals surface area contributed by atoms with E-state index in [0.717, 1.165) is 12.8 Å². The van der Waals surface area contributed by atoms with Crippen LogP contribution in [0.2, 0.25) is 0 Å². The van der Waals surface area contributed by atoms with Crippen molar-refractivity contribution >= 4 is 5.78 Å². The van der Waals surface area contributed by atoms with Crippen molar-refractivity contribution in [3.63, 3.8) is 0 Å². The molecule has 0 fully saturated rings. The summed E-state index contributed by atoms with van der Waals surface area (Å²) in [7, 11) is 0. The van der Waals surface area contributed by atoms with Gasteiger partial charge in [0.05, 0.1) is 5.56 Å². The third-order valence-electron chi connectivity index (χ3n) is 3.18. The van der Waals surface area contributed by atoms with Gasteiger partial charge in [-0.25, -0.2) is 0 Å². The molecule has 1 aromatic carbocycles. The Morgan fingerprint density at radius 1 is 1.33 bits per heavy atom. The fourth-order valence-electron chi connectivity index (χ4n) is 2.17. The van der Waals surface area contributed by atoms with Gasteiger partial charge >= 0.3 is 0 Å². The molecule has 0 amide bonds. The van der Waals surface area contributed by atoms with Crippen molar-refractivity contribution in [2.75, 3.05) is 6.61 Å². The van der Waals surface area contributed by atoms with Crippen LogP contribution in [0.1, 0.15) is 44.0 Å². The van der Waals surface area contributed by atoms with Crippen molar-refractivity contribution in [3.8, 4) is 5.75 Å². The second-order valence-corrected chi connectivity index (χ2v) is 5.17. The molecule has 0 saturated heterocycles. The van der Waals surface area contributed by atoms with Crippen LogP contribution in [0.25, 0.3) is 0 Å². The average molecular weight is 248 g/mol. The number of ketones is 1. The van der Waals surface area contributed by atoms with Gasteiger partial charge < -0.3 is 9.47 Å². The fraction of sp³-hybridized carbons (Fsp3) is 0.533. The molecule has 3 nitrogen and oxygen atoms in total. The maximum Gasteiger partial charge on any atom is 0.199 e. The van der Waals surface area contributed by atoms with Gasteiger partial charge in [0.25, 0.3) is 0 Å². The predicted molar refractivity (Wildman–Crippen MR) is 70.1 cm³/mol. The summed E-state index contributed by atoms with van der Waals surface area (Å²) in [6.07, 6.45) is 1.50. The number of fused-ring (bicyclic) bond motifs is 1. The molecule has 3 heteroatoms. The lowest BCUT2D eigenvalue weighted by Gasteiger charge is -2.38. The van der Waals surface area contributed by atoms with Gasteiger partial charge in [-0.15, -0.1) is 0 Å². The molecule has 0 N–H and O–H groups in total. The first-order valence-corrected chi connectivity index (χ1v) is 6.50. The van der Waals surface area contributed by atoms with E-state index < -0.39 is 11.7 Å². The van der Waals surface area contributed by atoms with Gasteiger partial charge in [-0.3, -0.25) is 4.79 Å². The van der Waals surface area contributed by atoms with Crippen molar-refractivity contribution in [1.29, 1.82) is 0 Å². The number of Topliss-reactive ketones (excluding diaryl/α,β-unsaturated/α-hetero) is 1. The Labute approximate surface area is 108 Å². The highest BCUT2D eigenvalue weighted by atomic mass is 16.6. The summed E-state index contributed by atoms with van der Waals surface area (Å²) < 4.78 is 11.6. The molecule has 0 radical (unpaired) electrons. The smallest absolute Gasteiger partial charge is 0.199 e. The van der Waals surface area contributed by atoms with Gasteiger partial charge in [-0.2, -0.15) is 0 Å². The minimum atomic E-state index is -0.612. The number of rotatable bonds is 4. The summed E-state index contributed by atoms with van der Waals surface area (Å²) in [6, 6.07) is 7.35. The maximum atomic E-state index is 12.4. The minimum Gasteiger partial charge on any atom is -0.484 e. The van der Waals surface area contributed by atoms with E-state index in [1.807, 2.05) is 32.0 Å². The summed E-state index contributed by atoms with van der Waals surface area (Å²) in [5, 5.41) is 0. The van der Waals surface area contributed by atoms with Crippen LogP contribution in [-0.2, 0) is 4.74 Å². The van der Waals surface area contributed by atoms with Crippen LogP contribution in [0.5, 0.6) is 5.75 Å². The van der Waals surface area contributed by atoms with Gasteiger partial charge in [0.1, 0.15) is 11.4 Å². The lowest BCUT2D eigenvalue weighted by atomic mass is 9.89. The molecule has 1 heterocycles. The summed E-state index contributed by atoms with van der Waals surface area (Å²) >= 11 is 0. The molecular formula is C15H20O3. The normalized spacial score (nSPS) is 21.3. The molecule has 1 aliphatic heterocycles. The van der Waals surface area contributed by atoms with E-state index in [1.165, 1.54) is 0 Å². The van der Waals surface area contributed by atoms with Crippen LogP contribution >= 0.6 is 0 Å². The van der Waals surface area contributed by atoms with E-state index in [4.69, 9.17) is 9.47 Å². The molecule has 0 aliphatic carbocycles. The standard InChI is InChI=1S/C15H20O3/c1-4-5-10-17-14-13(16)11-8-6-7-9-12(11)18-15(14,2)3/h6-9,14H,4-5,10H2,1-3H3. The van der Waals surface area contributed by atoms with Crippen LogP contribution in [0.15, 0.2) is 24.3 Å². The number of hydrogen-bond acceptors (Lipinski definition) is 3. The van der Waals surface area contributed by atoms with Gasteiger partial charge in [-0.1, -0.05) is 25.5 Å². The Kier molecular flexibility index (Phi) is 3.71. The summed E-state index contributed by atoms with van der Waals surface area (Å²) in [4.78, 5) is 12.4. The average Bonchev–Trinajstić information content (AvgIpc) is 2.33. The minimum absolute atomic E-state index is 0.0259. The Bertz CT molecular complexity index is 437. The van der Waals surface area contributed by atoms with Gasteiger partial charge in [0.15, 0.2) is 11.9 Å². The monoisotopic (exact) mass is 248 g/mol. The Morgan fingerprint density at radius 2 is 2.06 bits per heavy atom. The number of carbonyl (C=O) groups is 1. The van der Waals surface area contributed by atoms with Crippen LogP contribution < -0.4 is 4.74 Å². The van der Waals surface area contributed by atoms with E-state index >= 15 is 0 Å².